The zero-order valence-corrected chi connectivity index (χ0v) is 6.26. The molecule has 0 unspecified atom stereocenters. The summed E-state index contributed by atoms with van der Waals surface area (Å²) in [6, 6.07) is 0. The van der Waals surface area contributed by atoms with E-state index in [2.05, 4.69) is 23.2 Å². The number of carboxylic acids is 1. The molecule has 0 atom stereocenters. The van der Waals surface area contributed by atoms with Gasteiger partial charge in [0.05, 0.1) is 0 Å². The molecule has 64 valence electrons. The minimum Gasteiger partial charge on any atom is -0.477 e. The highest BCUT2D eigenvalue weighted by atomic mass is 35.5. The van der Waals surface area contributed by atoms with Crippen LogP contribution in [0.1, 0.15) is 0 Å². The van der Waals surface area contributed by atoms with Crippen LogP contribution in [0, 0.1) is 0 Å². The second kappa shape index (κ2) is 3.32. The number of hydrogen-bond donors (Lipinski definition) is 1. The van der Waals surface area contributed by atoms with Gasteiger partial charge in [-0.2, -0.15) is 13.2 Å². The first-order valence-corrected chi connectivity index (χ1v) is 2.88. The van der Waals surface area contributed by atoms with Crippen molar-refractivity contribution in [1.29, 1.82) is 0 Å². The minimum atomic E-state index is -4.91. The molecule has 0 heterocycles. The van der Waals surface area contributed by atoms with Crippen LogP contribution in [0.5, 0.6) is 0 Å². The van der Waals surface area contributed by atoms with Gasteiger partial charge in [-0.25, -0.2) is 4.79 Å². The highest BCUT2D eigenvalue weighted by Crippen LogP contribution is 2.32. The van der Waals surface area contributed by atoms with Crippen LogP contribution in [0.2, 0.25) is 0 Å². The lowest BCUT2D eigenvalue weighted by Gasteiger charge is -2.03. The number of halogens is 5. The number of alkyl halides is 3. The van der Waals surface area contributed by atoms with Crippen molar-refractivity contribution in [3.8, 4) is 0 Å². The van der Waals surface area contributed by atoms with Crippen LogP contribution in [-0.4, -0.2) is 17.3 Å². The van der Waals surface area contributed by atoms with Crippen LogP contribution in [0.15, 0.2) is 10.1 Å². The van der Waals surface area contributed by atoms with Crippen LogP contribution in [0.3, 0.4) is 0 Å². The molecule has 0 fully saturated rings. The summed E-state index contributed by atoms with van der Waals surface area (Å²) in [6.07, 6.45) is -4.91. The maximum atomic E-state index is 11.5. The van der Waals surface area contributed by atoms with Gasteiger partial charge in [0.2, 0.25) is 0 Å². The molecule has 1 N–H and O–H groups in total. The lowest BCUT2D eigenvalue weighted by Crippen LogP contribution is -2.11. The Morgan fingerprint density at radius 3 is 1.73 bits per heavy atom. The number of aliphatic carboxylic acids is 1. The molecule has 0 aliphatic carbocycles. The first-order valence-electron chi connectivity index (χ1n) is 2.12. The molecular formula is C4HCl2F3O2. The molecule has 0 aliphatic heterocycles. The van der Waals surface area contributed by atoms with Gasteiger partial charge in [-0.1, -0.05) is 23.2 Å². The molecule has 0 saturated carbocycles. The number of rotatable bonds is 1. The molecule has 2 nitrogen and oxygen atoms in total. The summed E-state index contributed by atoms with van der Waals surface area (Å²) in [6.45, 7) is 0. The van der Waals surface area contributed by atoms with E-state index in [1.165, 1.54) is 0 Å². The highest BCUT2D eigenvalue weighted by Gasteiger charge is 2.36. The fraction of sp³-hybridized carbons (Fsp3) is 0.250. The van der Waals surface area contributed by atoms with Gasteiger partial charge < -0.3 is 5.11 Å². The quantitative estimate of drug-likeness (QED) is 0.672. The van der Waals surface area contributed by atoms with E-state index < -0.39 is 22.2 Å². The summed E-state index contributed by atoms with van der Waals surface area (Å²) in [5.74, 6) is -1.91. The van der Waals surface area contributed by atoms with E-state index in [4.69, 9.17) is 5.11 Å². The molecule has 0 rings (SSSR count). The van der Waals surface area contributed by atoms with Crippen molar-refractivity contribution in [2.24, 2.45) is 0 Å². The van der Waals surface area contributed by atoms with Crippen molar-refractivity contribution in [2.75, 3.05) is 0 Å². The summed E-state index contributed by atoms with van der Waals surface area (Å²) in [7, 11) is 0. The van der Waals surface area contributed by atoms with Crippen molar-refractivity contribution < 1.29 is 23.1 Å². The number of carboxylic acid groups (broad SMARTS) is 1. The average Bonchev–Trinajstić information content (AvgIpc) is 1.82. The lowest BCUT2D eigenvalue weighted by molar-refractivity contribution is -0.132. The number of allylic oxidation sites excluding steroid dienone is 1. The Labute approximate surface area is 69.2 Å². The Bertz CT molecular complexity index is 208. The average molecular weight is 209 g/mol. The Balaban J connectivity index is 4.82. The summed E-state index contributed by atoms with van der Waals surface area (Å²) >= 11 is 9.22. The largest absolute Gasteiger partial charge is 0.477 e. The molecule has 0 saturated heterocycles. The first kappa shape index (κ1) is 10.6. The van der Waals surface area contributed by atoms with Crippen molar-refractivity contribution >= 4 is 29.2 Å². The van der Waals surface area contributed by atoms with Gasteiger partial charge in [-0.05, 0) is 0 Å². The summed E-state index contributed by atoms with van der Waals surface area (Å²) in [4.78, 5) is 9.81. The van der Waals surface area contributed by atoms with Crippen molar-refractivity contribution in [3.63, 3.8) is 0 Å². The monoisotopic (exact) mass is 208 g/mol. The topological polar surface area (TPSA) is 37.3 Å². The van der Waals surface area contributed by atoms with Gasteiger partial charge in [0.15, 0.2) is 0 Å². The van der Waals surface area contributed by atoms with Gasteiger partial charge in [0.1, 0.15) is 10.1 Å². The van der Waals surface area contributed by atoms with Crippen molar-refractivity contribution in [3.05, 3.63) is 10.1 Å². The Kier molecular flexibility index (Phi) is 3.19. The van der Waals surface area contributed by atoms with Crippen LogP contribution < -0.4 is 0 Å². The summed E-state index contributed by atoms with van der Waals surface area (Å²) in [5.41, 5.74) is 0. The zero-order chi connectivity index (χ0) is 9.23. The molecule has 11 heavy (non-hydrogen) atoms. The maximum absolute atomic E-state index is 11.5. The van der Waals surface area contributed by atoms with Gasteiger partial charge in [-0.3, -0.25) is 0 Å². The third kappa shape index (κ3) is 2.98. The van der Waals surface area contributed by atoms with E-state index in [-0.39, 0.29) is 0 Å². The fourth-order valence-electron chi connectivity index (χ4n) is 0.218. The van der Waals surface area contributed by atoms with Gasteiger partial charge >= 0.3 is 12.1 Å². The molecule has 0 bridgehead atoms. The predicted octanol–water partition coefficient (Wildman–Crippen LogP) is 2.32. The smallest absolute Gasteiger partial charge is 0.428 e. The number of carbonyl (C=O) groups is 1. The standard InChI is InChI=1S/C4HCl2F3O2/c5-1(3(10)11)2(6)4(7,8)9/h(H,10,11)/b2-1+. The van der Waals surface area contributed by atoms with E-state index >= 15 is 0 Å². The highest BCUT2D eigenvalue weighted by molar-refractivity contribution is 6.47. The maximum Gasteiger partial charge on any atom is 0.428 e. The zero-order valence-electron chi connectivity index (χ0n) is 4.75. The van der Waals surface area contributed by atoms with Gasteiger partial charge in [-0.15, -0.1) is 0 Å². The molecular weight excluding hydrogens is 208 g/mol. The Morgan fingerprint density at radius 2 is 1.64 bits per heavy atom. The SMILES string of the molecule is O=C(O)/C(Cl)=C(\Cl)C(F)(F)F. The van der Waals surface area contributed by atoms with Gasteiger partial charge in [0, 0.05) is 0 Å². The summed E-state index contributed by atoms with van der Waals surface area (Å²) in [5, 5.41) is 4.68. The molecule has 0 aromatic carbocycles. The molecule has 0 aromatic heterocycles. The molecule has 0 radical (unpaired) electrons. The van der Waals surface area contributed by atoms with Crippen LogP contribution in [0.25, 0.3) is 0 Å². The fourth-order valence-corrected chi connectivity index (χ4v) is 0.406. The second-order valence-electron chi connectivity index (χ2n) is 1.43. The minimum absolute atomic E-state index is 1.43. The summed E-state index contributed by atoms with van der Waals surface area (Å²) < 4.78 is 34.6. The van der Waals surface area contributed by atoms with Crippen molar-refractivity contribution in [1.82, 2.24) is 0 Å². The van der Waals surface area contributed by atoms with E-state index in [9.17, 15) is 18.0 Å². The Hall–Kier alpha value is -0.420. The predicted molar refractivity (Wildman–Crippen MR) is 32.4 cm³/mol. The van der Waals surface area contributed by atoms with E-state index in [0.717, 1.165) is 0 Å². The molecule has 0 amide bonds. The molecule has 0 spiro atoms. The first-order chi connectivity index (χ1) is 4.76. The van der Waals surface area contributed by atoms with E-state index in [0.29, 0.717) is 0 Å². The normalized spacial score (nSPS) is 14.3. The molecule has 0 aromatic rings. The third-order valence-electron chi connectivity index (χ3n) is 0.629. The second-order valence-corrected chi connectivity index (χ2v) is 2.19. The lowest BCUT2D eigenvalue weighted by atomic mass is 10.5. The van der Waals surface area contributed by atoms with E-state index in [1.807, 2.05) is 0 Å². The molecule has 7 heteroatoms. The third-order valence-corrected chi connectivity index (χ3v) is 1.48. The van der Waals surface area contributed by atoms with Crippen LogP contribution in [-0.2, 0) is 4.79 Å². The molecule has 0 aliphatic rings. The van der Waals surface area contributed by atoms with Crippen LogP contribution in [0.4, 0.5) is 13.2 Å². The van der Waals surface area contributed by atoms with Gasteiger partial charge in [0.25, 0.3) is 0 Å². The van der Waals surface area contributed by atoms with Crippen LogP contribution >= 0.6 is 23.2 Å². The Morgan fingerprint density at radius 1 is 1.27 bits per heavy atom. The van der Waals surface area contributed by atoms with Crippen molar-refractivity contribution in [2.45, 2.75) is 6.18 Å². The van der Waals surface area contributed by atoms with E-state index in [1.54, 1.807) is 0 Å². The number of hydrogen-bond acceptors (Lipinski definition) is 1.